The minimum atomic E-state index is -0.143. The fraction of sp³-hybridized carbons (Fsp3) is 0.500. The zero-order valence-corrected chi connectivity index (χ0v) is 15.3. The zero-order valence-electron chi connectivity index (χ0n) is 12.9. The molecule has 0 aromatic heterocycles. The molecule has 0 radical (unpaired) electrons. The van der Waals surface area contributed by atoms with Gasteiger partial charge in [0.05, 0.1) is 0 Å². The molecule has 1 aliphatic rings. The Morgan fingerprint density at radius 2 is 1.96 bits per heavy atom. The van der Waals surface area contributed by atoms with Crippen LogP contribution in [0.4, 0.5) is 0 Å². The molecule has 1 fully saturated rings. The molecule has 2 atom stereocenters. The molecular weight excluding hydrogens is 382 g/mol. The number of nitrogens with one attached hydrogen (secondary N) is 2. The summed E-state index contributed by atoms with van der Waals surface area (Å²) >= 11 is 3.33. The Labute approximate surface area is 151 Å². The van der Waals surface area contributed by atoms with Crippen molar-refractivity contribution in [1.82, 2.24) is 10.6 Å². The van der Waals surface area contributed by atoms with Crippen LogP contribution in [0.15, 0.2) is 28.7 Å². The lowest BCUT2D eigenvalue weighted by atomic mass is 9.85. The van der Waals surface area contributed by atoms with Crippen LogP contribution in [-0.2, 0) is 4.79 Å². The molecule has 0 bridgehead atoms. The smallest absolute Gasteiger partial charge is 0.251 e. The predicted octanol–water partition coefficient (Wildman–Crippen LogP) is 2.23. The number of carbonyl (C=O) groups excluding carboxylic acids is 2. The molecule has 7 heteroatoms. The van der Waals surface area contributed by atoms with Gasteiger partial charge in [-0.15, -0.1) is 12.4 Å². The molecule has 0 aliphatic heterocycles. The fourth-order valence-electron chi connectivity index (χ4n) is 2.70. The molecule has 2 rings (SSSR count). The third-order valence-corrected chi connectivity index (χ3v) is 4.38. The molecule has 0 saturated heterocycles. The molecule has 23 heavy (non-hydrogen) atoms. The summed E-state index contributed by atoms with van der Waals surface area (Å²) in [5.41, 5.74) is 6.49. The number of hydrogen-bond acceptors (Lipinski definition) is 3. The second-order valence-electron chi connectivity index (χ2n) is 5.68. The van der Waals surface area contributed by atoms with E-state index in [1.54, 1.807) is 12.1 Å². The summed E-state index contributed by atoms with van der Waals surface area (Å²) in [4.78, 5) is 23.9. The van der Waals surface area contributed by atoms with Gasteiger partial charge in [0, 0.05) is 35.1 Å². The predicted molar refractivity (Wildman–Crippen MR) is 96.7 cm³/mol. The Hall–Kier alpha value is -1.11. The molecule has 1 aromatic carbocycles. The van der Waals surface area contributed by atoms with Gasteiger partial charge < -0.3 is 16.4 Å². The van der Waals surface area contributed by atoms with E-state index in [0.29, 0.717) is 18.7 Å². The topological polar surface area (TPSA) is 84.2 Å². The van der Waals surface area contributed by atoms with Crippen molar-refractivity contribution >= 4 is 40.2 Å². The van der Waals surface area contributed by atoms with Crippen molar-refractivity contribution in [3.63, 3.8) is 0 Å². The van der Waals surface area contributed by atoms with Crippen molar-refractivity contribution in [1.29, 1.82) is 0 Å². The van der Waals surface area contributed by atoms with Gasteiger partial charge in [0.25, 0.3) is 5.91 Å². The highest BCUT2D eigenvalue weighted by molar-refractivity contribution is 9.10. The lowest BCUT2D eigenvalue weighted by Crippen LogP contribution is -2.40. The molecule has 128 valence electrons. The lowest BCUT2D eigenvalue weighted by Gasteiger charge is -2.25. The molecule has 2 amide bonds. The maximum absolute atomic E-state index is 12.0. The summed E-state index contributed by atoms with van der Waals surface area (Å²) in [7, 11) is 0. The van der Waals surface area contributed by atoms with E-state index in [4.69, 9.17) is 5.73 Å². The standard InChI is InChI=1S/C16H22BrN3O2.ClH/c17-13-5-1-3-11(9-13)15(21)19-7-8-20-16(22)12-4-2-6-14(18)10-12;/h1,3,5,9,12,14H,2,4,6-8,10,18H2,(H,19,21)(H,20,22);1H. The van der Waals surface area contributed by atoms with Gasteiger partial charge in [-0.2, -0.15) is 0 Å². The molecule has 1 aliphatic carbocycles. The van der Waals surface area contributed by atoms with Gasteiger partial charge in [0.2, 0.25) is 5.91 Å². The normalized spacial score (nSPS) is 20.3. The molecule has 0 heterocycles. The number of nitrogens with two attached hydrogens (primary N) is 1. The van der Waals surface area contributed by atoms with E-state index < -0.39 is 0 Å². The van der Waals surface area contributed by atoms with Gasteiger partial charge >= 0.3 is 0 Å². The second-order valence-corrected chi connectivity index (χ2v) is 6.60. The zero-order chi connectivity index (χ0) is 15.9. The van der Waals surface area contributed by atoms with E-state index in [9.17, 15) is 9.59 Å². The van der Waals surface area contributed by atoms with Gasteiger partial charge in [0.1, 0.15) is 0 Å². The Kier molecular flexibility index (Phi) is 8.58. The SMILES string of the molecule is Cl.NC1CCCC(C(=O)NCCNC(=O)c2cccc(Br)c2)C1. The van der Waals surface area contributed by atoms with Crippen molar-refractivity contribution in [3.05, 3.63) is 34.3 Å². The highest BCUT2D eigenvalue weighted by Crippen LogP contribution is 2.22. The van der Waals surface area contributed by atoms with Gasteiger partial charge in [-0.05, 0) is 37.5 Å². The number of hydrogen-bond donors (Lipinski definition) is 3. The molecule has 2 unspecified atom stereocenters. The first-order valence-electron chi connectivity index (χ1n) is 7.63. The van der Waals surface area contributed by atoms with Crippen LogP contribution in [0.5, 0.6) is 0 Å². The van der Waals surface area contributed by atoms with E-state index in [1.807, 2.05) is 12.1 Å². The monoisotopic (exact) mass is 403 g/mol. The van der Waals surface area contributed by atoms with E-state index in [1.165, 1.54) is 0 Å². The summed E-state index contributed by atoms with van der Waals surface area (Å²) in [6.07, 6.45) is 3.69. The number of amides is 2. The van der Waals surface area contributed by atoms with Gasteiger partial charge in [-0.3, -0.25) is 9.59 Å². The fourth-order valence-corrected chi connectivity index (χ4v) is 3.10. The highest BCUT2D eigenvalue weighted by atomic mass is 79.9. The van der Waals surface area contributed by atoms with Crippen LogP contribution < -0.4 is 16.4 Å². The van der Waals surface area contributed by atoms with Crippen LogP contribution >= 0.6 is 28.3 Å². The van der Waals surface area contributed by atoms with Crippen molar-refractivity contribution < 1.29 is 9.59 Å². The Morgan fingerprint density at radius 3 is 2.65 bits per heavy atom. The van der Waals surface area contributed by atoms with Crippen molar-refractivity contribution in [2.45, 2.75) is 31.7 Å². The molecule has 5 nitrogen and oxygen atoms in total. The number of benzene rings is 1. The Bertz CT molecular complexity index is 542. The van der Waals surface area contributed by atoms with E-state index in [2.05, 4.69) is 26.6 Å². The summed E-state index contributed by atoms with van der Waals surface area (Å²) < 4.78 is 0.863. The van der Waals surface area contributed by atoms with Gasteiger partial charge in [0.15, 0.2) is 0 Å². The quantitative estimate of drug-likeness (QED) is 0.658. The van der Waals surface area contributed by atoms with E-state index in [-0.39, 0.29) is 36.2 Å². The first kappa shape index (κ1) is 19.9. The first-order chi connectivity index (χ1) is 10.6. The van der Waals surface area contributed by atoms with Crippen LogP contribution in [0.3, 0.4) is 0 Å². The van der Waals surface area contributed by atoms with Gasteiger partial charge in [-0.25, -0.2) is 0 Å². The summed E-state index contributed by atoms with van der Waals surface area (Å²) in [5, 5.41) is 5.67. The van der Waals surface area contributed by atoms with E-state index in [0.717, 1.165) is 30.2 Å². The Balaban J connectivity index is 0.00000264. The number of carbonyl (C=O) groups is 2. The van der Waals surface area contributed by atoms with Crippen LogP contribution in [0, 0.1) is 5.92 Å². The van der Waals surface area contributed by atoms with Crippen molar-refractivity contribution in [2.24, 2.45) is 11.7 Å². The largest absolute Gasteiger partial charge is 0.354 e. The third kappa shape index (κ3) is 6.49. The summed E-state index contributed by atoms with van der Waals surface area (Å²) in [6, 6.07) is 7.33. The maximum atomic E-state index is 12.0. The average molecular weight is 405 g/mol. The molecule has 4 N–H and O–H groups in total. The maximum Gasteiger partial charge on any atom is 0.251 e. The summed E-state index contributed by atoms with van der Waals surface area (Å²) in [5.74, 6) is -0.0772. The third-order valence-electron chi connectivity index (χ3n) is 3.88. The average Bonchev–Trinajstić information content (AvgIpc) is 2.51. The summed E-state index contributed by atoms with van der Waals surface area (Å²) in [6.45, 7) is 0.847. The Morgan fingerprint density at radius 1 is 1.22 bits per heavy atom. The number of rotatable bonds is 5. The van der Waals surface area contributed by atoms with Crippen LogP contribution in [0.25, 0.3) is 0 Å². The van der Waals surface area contributed by atoms with Crippen LogP contribution in [0.2, 0.25) is 0 Å². The van der Waals surface area contributed by atoms with Crippen LogP contribution in [0.1, 0.15) is 36.0 Å². The molecule has 1 saturated carbocycles. The molecule has 0 spiro atoms. The molecular formula is C16H23BrClN3O2. The lowest BCUT2D eigenvalue weighted by molar-refractivity contribution is -0.126. The van der Waals surface area contributed by atoms with Crippen molar-refractivity contribution in [3.8, 4) is 0 Å². The first-order valence-corrected chi connectivity index (χ1v) is 8.42. The highest BCUT2D eigenvalue weighted by Gasteiger charge is 2.24. The van der Waals surface area contributed by atoms with Crippen LogP contribution in [-0.4, -0.2) is 30.9 Å². The van der Waals surface area contributed by atoms with E-state index >= 15 is 0 Å². The van der Waals surface area contributed by atoms with Crippen molar-refractivity contribution in [2.75, 3.05) is 13.1 Å². The minimum absolute atomic E-state index is 0. The number of halogens is 2. The minimum Gasteiger partial charge on any atom is -0.354 e. The van der Waals surface area contributed by atoms with Gasteiger partial charge in [-0.1, -0.05) is 28.4 Å². The second kappa shape index (κ2) is 9.90. The molecule has 1 aromatic rings.